The van der Waals surface area contributed by atoms with Crippen LogP contribution in [0, 0.1) is 6.92 Å². The minimum atomic E-state index is -4.41. The molecule has 0 amide bonds. The SMILES string of the molecule is Cc1c(Br)cc(CN)cc1S(=O)(=O)NCCC(F)(F)F. The van der Waals surface area contributed by atoms with Crippen molar-refractivity contribution in [2.45, 2.75) is 31.0 Å². The van der Waals surface area contributed by atoms with Crippen molar-refractivity contribution in [1.82, 2.24) is 4.72 Å². The molecule has 20 heavy (non-hydrogen) atoms. The van der Waals surface area contributed by atoms with E-state index >= 15 is 0 Å². The summed E-state index contributed by atoms with van der Waals surface area (Å²) in [6.45, 7) is 0.988. The standard InChI is InChI=1S/C11H14BrF3N2O2S/c1-7-9(12)4-8(6-16)5-10(7)20(18,19)17-3-2-11(13,14)15/h4-5,17H,2-3,6,16H2,1H3. The summed E-state index contributed by atoms with van der Waals surface area (Å²) < 4.78 is 62.6. The first kappa shape index (κ1) is 17.4. The van der Waals surface area contributed by atoms with Gasteiger partial charge >= 0.3 is 6.18 Å². The third-order valence-electron chi connectivity index (χ3n) is 2.58. The van der Waals surface area contributed by atoms with Crippen LogP contribution in [0.2, 0.25) is 0 Å². The molecule has 1 aromatic rings. The van der Waals surface area contributed by atoms with Crippen LogP contribution < -0.4 is 10.5 Å². The van der Waals surface area contributed by atoms with E-state index in [1.165, 1.54) is 6.07 Å². The maximum absolute atomic E-state index is 12.0. The van der Waals surface area contributed by atoms with Crippen molar-refractivity contribution in [1.29, 1.82) is 0 Å². The van der Waals surface area contributed by atoms with E-state index in [2.05, 4.69) is 15.9 Å². The molecule has 0 spiro atoms. The summed E-state index contributed by atoms with van der Waals surface area (Å²) in [4.78, 5) is -0.0745. The van der Waals surface area contributed by atoms with Crippen LogP contribution in [0.15, 0.2) is 21.5 Å². The Morgan fingerprint density at radius 2 is 1.95 bits per heavy atom. The number of hydrogen-bond acceptors (Lipinski definition) is 3. The highest BCUT2D eigenvalue weighted by Gasteiger charge is 2.28. The second kappa shape index (κ2) is 6.42. The number of nitrogens with two attached hydrogens (primary N) is 1. The summed E-state index contributed by atoms with van der Waals surface area (Å²) in [5, 5.41) is 0. The van der Waals surface area contributed by atoms with Gasteiger partial charge in [-0.25, -0.2) is 13.1 Å². The van der Waals surface area contributed by atoms with E-state index < -0.39 is 29.2 Å². The molecule has 3 N–H and O–H groups in total. The zero-order valence-corrected chi connectivity index (χ0v) is 13.0. The lowest BCUT2D eigenvalue weighted by Gasteiger charge is -2.13. The van der Waals surface area contributed by atoms with Gasteiger partial charge in [-0.05, 0) is 30.2 Å². The lowest BCUT2D eigenvalue weighted by Crippen LogP contribution is -2.28. The lowest BCUT2D eigenvalue weighted by atomic mass is 10.1. The van der Waals surface area contributed by atoms with Crippen molar-refractivity contribution >= 4 is 26.0 Å². The molecule has 0 aliphatic heterocycles. The molecule has 0 saturated heterocycles. The average molecular weight is 375 g/mol. The molecule has 0 fully saturated rings. The maximum atomic E-state index is 12.0. The van der Waals surface area contributed by atoms with Crippen molar-refractivity contribution in [3.05, 3.63) is 27.7 Å². The van der Waals surface area contributed by atoms with Gasteiger partial charge in [-0.1, -0.05) is 15.9 Å². The van der Waals surface area contributed by atoms with Gasteiger partial charge in [0.25, 0.3) is 0 Å². The maximum Gasteiger partial charge on any atom is 0.390 e. The summed E-state index contributed by atoms with van der Waals surface area (Å²) in [6.07, 6.45) is -5.62. The summed E-state index contributed by atoms with van der Waals surface area (Å²) in [5.41, 5.74) is 6.44. The lowest BCUT2D eigenvalue weighted by molar-refractivity contribution is -0.132. The normalized spacial score (nSPS) is 12.7. The Morgan fingerprint density at radius 1 is 1.35 bits per heavy atom. The van der Waals surface area contributed by atoms with Crippen molar-refractivity contribution in [2.75, 3.05) is 6.54 Å². The predicted octanol–water partition coefficient (Wildman–Crippen LogP) is 2.45. The Labute approximate surface area is 123 Å². The molecule has 1 aromatic carbocycles. The molecule has 0 aromatic heterocycles. The van der Waals surface area contributed by atoms with Crippen LogP contribution in [0.4, 0.5) is 13.2 Å². The van der Waals surface area contributed by atoms with E-state index in [1.54, 1.807) is 13.0 Å². The summed E-state index contributed by atoms with van der Waals surface area (Å²) in [6, 6.07) is 3.03. The average Bonchev–Trinajstić information content (AvgIpc) is 2.30. The first-order valence-corrected chi connectivity index (χ1v) is 7.90. The summed E-state index contributed by atoms with van der Waals surface area (Å²) >= 11 is 3.20. The quantitative estimate of drug-likeness (QED) is 0.831. The number of sulfonamides is 1. The van der Waals surface area contributed by atoms with Gasteiger partial charge in [-0.3, -0.25) is 0 Å². The van der Waals surface area contributed by atoms with Gasteiger partial charge in [-0.15, -0.1) is 0 Å². The Bertz CT molecular complexity index is 588. The molecule has 4 nitrogen and oxygen atoms in total. The van der Waals surface area contributed by atoms with Crippen molar-refractivity contribution in [3.8, 4) is 0 Å². The fourth-order valence-electron chi connectivity index (χ4n) is 1.51. The molecule has 0 aliphatic rings. The van der Waals surface area contributed by atoms with E-state index in [4.69, 9.17) is 5.73 Å². The summed E-state index contributed by atoms with van der Waals surface area (Å²) in [7, 11) is -4.00. The van der Waals surface area contributed by atoms with E-state index in [9.17, 15) is 21.6 Å². The predicted molar refractivity (Wildman–Crippen MR) is 72.6 cm³/mol. The van der Waals surface area contributed by atoms with Crippen LogP contribution in [0.1, 0.15) is 17.5 Å². The van der Waals surface area contributed by atoms with Crippen LogP contribution in [-0.2, 0) is 16.6 Å². The van der Waals surface area contributed by atoms with Crippen molar-refractivity contribution in [2.24, 2.45) is 5.73 Å². The number of halogens is 4. The minimum absolute atomic E-state index is 0.0745. The monoisotopic (exact) mass is 374 g/mol. The number of nitrogens with one attached hydrogen (secondary N) is 1. The second-order valence-electron chi connectivity index (χ2n) is 4.17. The first-order chi connectivity index (χ1) is 9.07. The van der Waals surface area contributed by atoms with Crippen LogP contribution >= 0.6 is 15.9 Å². The molecule has 9 heteroatoms. The van der Waals surface area contributed by atoms with E-state index in [1.807, 2.05) is 4.72 Å². The van der Waals surface area contributed by atoms with Gasteiger partial charge in [0.2, 0.25) is 10.0 Å². The number of benzene rings is 1. The smallest absolute Gasteiger partial charge is 0.326 e. The van der Waals surface area contributed by atoms with Crippen molar-refractivity contribution < 1.29 is 21.6 Å². The molecule has 0 atom stereocenters. The summed E-state index contributed by atoms with van der Waals surface area (Å²) in [5.74, 6) is 0. The zero-order chi connectivity index (χ0) is 15.6. The van der Waals surface area contributed by atoms with E-state index in [0.29, 0.717) is 15.6 Å². The van der Waals surface area contributed by atoms with Gasteiger partial charge in [0.05, 0.1) is 11.3 Å². The van der Waals surface area contributed by atoms with Crippen LogP contribution in [-0.4, -0.2) is 21.1 Å². The Morgan fingerprint density at radius 3 is 2.45 bits per heavy atom. The second-order valence-corrected chi connectivity index (χ2v) is 6.76. The van der Waals surface area contributed by atoms with Crippen LogP contribution in [0.25, 0.3) is 0 Å². The number of alkyl halides is 3. The molecule has 0 saturated carbocycles. The van der Waals surface area contributed by atoms with Gasteiger partial charge < -0.3 is 5.73 Å². The topological polar surface area (TPSA) is 72.2 Å². The van der Waals surface area contributed by atoms with Gasteiger partial charge in [0.15, 0.2) is 0 Å². The van der Waals surface area contributed by atoms with Crippen LogP contribution in [0.5, 0.6) is 0 Å². The molecule has 0 heterocycles. The molecule has 114 valence electrons. The van der Waals surface area contributed by atoms with Crippen molar-refractivity contribution in [3.63, 3.8) is 0 Å². The highest BCUT2D eigenvalue weighted by atomic mass is 79.9. The molecule has 0 radical (unpaired) electrons. The Hall–Kier alpha value is -0.640. The van der Waals surface area contributed by atoms with Gasteiger partial charge in [-0.2, -0.15) is 13.2 Å². The van der Waals surface area contributed by atoms with E-state index in [-0.39, 0.29) is 11.4 Å². The third kappa shape index (κ3) is 4.72. The Balaban J connectivity index is 3.01. The molecular formula is C11H14BrF3N2O2S. The number of rotatable bonds is 5. The highest BCUT2D eigenvalue weighted by Crippen LogP contribution is 2.26. The number of hydrogen-bond donors (Lipinski definition) is 2. The zero-order valence-electron chi connectivity index (χ0n) is 10.6. The fraction of sp³-hybridized carbons (Fsp3) is 0.455. The third-order valence-corrected chi connectivity index (χ3v) is 4.99. The molecule has 1 rings (SSSR count). The Kier molecular flexibility index (Phi) is 5.59. The van der Waals surface area contributed by atoms with E-state index in [0.717, 1.165) is 0 Å². The molecule has 0 unspecified atom stereocenters. The van der Waals surface area contributed by atoms with Crippen LogP contribution in [0.3, 0.4) is 0 Å². The first-order valence-electron chi connectivity index (χ1n) is 5.62. The highest BCUT2D eigenvalue weighted by molar-refractivity contribution is 9.10. The van der Waals surface area contributed by atoms with Gasteiger partial charge in [0.1, 0.15) is 0 Å². The molecule has 0 aliphatic carbocycles. The molecular weight excluding hydrogens is 361 g/mol. The molecule has 0 bridgehead atoms. The van der Waals surface area contributed by atoms with Gasteiger partial charge in [0, 0.05) is 17.6 Å². The fourth-order valence-corrected chi connectivity index (χ4v) is 3.49. The largest absolute Gasteiger partial charge is 0.390 e. The minimum Gasteiger partial charge on any atom is -0.326 e.